The molecule has 0 unspecified atom stereocenters. The normalized spacial score (nSPS) is 10.8. The van der Waals surface area contributed by atoms with Gasteiger partial charge in [-0.1, -0.05) is 16.5 Å². The Morgan fingerprint density at radius 1 is 1.26 bits per heavy atom. The maximum Gasteiger partial charge on any atom is 0.270 e. The first-order valence-electron chi connectivity index (χ1n) is 5.67. The van der Waals surface area contributed by atoms with Crippen molar-refractivity contribution >= 4 is 16.5 Å². The summed E-state index contributed by atoms with van der Waals surface area (Å²) < 4.78 is 5.26. The summed E-state index contributed by atoms with van der Waals surface area (Å²) >= 11 is 1.35. The summed E-state index contributed by atoms with van der Waals surface area (Å²) in [6, 6.07) is 3.85. The number of thiazole rings is 1. The Hall–Kier alpha value is -2.28. The van der Waals surface area contributed by atoms with Gasteiger partial charge in [-0.2, -0.15) is 4.98 Å². The van der Waals surface area contributed by atoms with Crippen LogP contribution in [0.4, 0.5) is 5.13 Å². The third kappa shape index (κ3) is 2.45. The summed E-state index contributed by atoms with van der Waals surface area (Å²) in [4.78, 5) is 13.3. The van der Waals surface area contributed by atoms with Crippen LogP contribution in [0.5, 0.6) is 0 Å². The fraction of sp³-hybridized carbons (Fsp3) is 0.167. The molecule has 3 heterocycles. The third-order valence-electron chi connectivity index (χ3n) is 2.59. The lowest BCUT2D eigenvalue weighted by atomic mass is 10.2. The van der Waals surface area contributed by atoms with Gasteiger partial charge in [0.15, 0.2) is 11.0 Å². The van der Waals surface area contributed by atoms with Crippen LogP contribution >= 0.6 is 11.3 Å². The van der Waals surface area contributed by atoms with Gasteiger partial charge < -0.3 is 10.3 Å². The first kappa shape index (κ1) is 11.8. The number of nitrogens with zero attached hydrogens (tertiary/aromatic N) is 4. The van der Waals surface area contributed by atoms with Crippen LogP contribution in [0.3, 0.4) is 0 Å². The maximum absolute atomic E-state index is 5.66. The van der Waals surface area contributed by atoms with Crippen molar-refractivity contribution in [2.75, 3.05) is 5.73 Å². The van der Waals surface area contributed by atoms with Crippen LogP contribution in [0.1, 0.15) is 17.1 Å². The monoisotopic (exact) mass is 273 g/mol. The van der Waals surface area contributed by atoms with Crippen LogP contribution < -0.4 is 5.73 Å². The van der Waals surface area contributed by atoms with E-state index in [1.54, 1.807) is 12.4 Å². The highest BCUT2D eigenvalue weighted by Crippen LogP contribution is 2.29. The Kier molecular flexibility index (Phi) is 2.96. The van der Waals surface area contributed by atoms with E-state index in [4.69, 9.17) is 10.3 Å². The highest BCUT2D eigenvalue weighted by atomic mass is 32.1. The zero-order valence-electron chi connectivity index (χ0n) is 10.2. The molecule has 2 N–H and O–H groups in total. The molecule has 96 valence electrons. The molecule has 7 heteroatoms. The number of nitrogens with two attached hydrogens (primary N) is 1. The van der Waals surface area contributed by atoms with Crippen molar-refractivity contribution in [2.24, 2.45) is 0 Å². The smallest absolute Gasteiger partial charge is 0.270 e. The summed E-state index contributed by atoms with van der Waals surface area (Å²) in [7, 11) is 0. The van der Waals surface area contributed by atoms with Gasteiger partial charge >= 0.3 is 0 Å². The molecule has 0 aromatic carbocycles. The molecular weight excluding hydrogens is 262 g/mol. The zero-order valence-corrected chi connectivity index (χ0v) is 11.0. The largest absolute Gasteiger partial charge is 0.375 e. The second-order valence-electron chi connectivity index (χ2n) is 4.01. The van der Waals surface area contributed by atoms with Gasteiger partial charge in [0.25, 0.3) is 5.89 Å². The van der Waals surface area contributed by atoms with Crippen molar-refractivity contribution < 1.29 is 4.52 Å². The van der Waals surface area contributed by atoms with Crippen molar-refractivity contribution in [1.29, 1.82) is 0 Å². The predicted octanol–water partition coefficient (Wildman–Crippen LogP) is 2.07. The van der Waals surface area contributed by atoms with E-state index in [0.717, 1.165) is 16.1 Å². The molecule has 6 nitrogen and oxygen atoms in total. The minimum atomic E-state index is 0.468. The standard InChI is InChI=1S/C12H11N5OS/c1-7-10(19-12(13)15-7)11-16-9(17-18-11)6-8-2-4-14-5-3-8/h2-5H,6H2,1H3,(H2,13,15). The van der Waals surface area contributed by atoms with E-state index in [2.05, 4.69) is 20.1 Å². The van der Waals surface area contributed by atoms with Crippen LogP contribution in [-0.2, 0) is 6.42 Å². The molecule has 19 heavy (non-hydrogen) atoms. The molecule has 3 aromatic heterocycles. The van der Waals surface area contributed by atoms with Gasteiger partial charge in [0.2, 0.25) is 0 Å². The van der Waals surface area contributed by atoms with Crippen LogP contribution in [-0.4, -0.2) is 20.1 Å². The van der Waals surface area contributed by atoms with E-state index < -0.39 is 0 Å². The molecule has 0 aliphatic rings. The number of nitrogen functional groups attached to an aromatic ring is 1. The Morgan fingerprint density at radius 3 is 2.74 bits per heavy atom. The number of anilines is 1. The molecule has 0 saturated heterocycles. The second-order valence-corrected chi connectivity index (χ2v) is 5.05. The lowest BCUT2D eigenvalue weighted by molar-refractivity contribution is 0.424. The topological polar surface area (TPSA) is 90.7 Å². The molecular formula is C12H11N5OS. The number of aryl methyl sites for hydroxylation is 1. The van der Waals surface area contributed by atoms with Crippen LogP contribution in [0, 0.1) is 6.92 Å². The first-order valence-corrected chi connectivity index (χ1v) is 6.49. The highest BCUT2D eigenvalue weighted by Gasteiger charge is 2.15. The minimum absolute atomic E-state index is 0.468. The molecule has 0 spiro atoms. The van der Waals surface area contributed by atoms with Gasteiger partial charge in [0.05, 0.1) is 5.69 Å². The van der Waals surface area contributed by atoms with Gasteiger partial charge in [-0.05, 0) is 24.6 Å². The van der Waals surface area contributed by atoms with Crippen molar-refractivity contribution in [3.8, 4) is 10.8 Å². The van der Waals surface area contributed by atoms with E-state index in [9.17, 15) is 0 Å². The summed E-state index contributed by atoms with van der Waals surface area (Å²) in [6.07, 6.45) is 4.09. The Balaban J connectivity index is 1.86. The Morgan fingerprint density at radius 2 is 2.05 bits per heavy atom. The molecule has 0 atom stereocenters. The molecule has 0 saturated carbocycles. The molecule has 0 amide bonds. The summed E-state index contributed by atoms with van der Waals surface area (Å²) in [5, 5.41) is 4.47. The van der Waals surface area contributed by atoms with Gasteiger partial charge in [-0.15, -0.1) is 0 Å². The quantitative estimate of drug-likeness (QED) is 0.785. The van der Waals surface area contributed by atoms with E-state index >= 15 is 0 Å². The fourth-order valence-electron chi connectivity index (χ4n) is 1.72. The minimum Gasteiger partial charge on any atom is -0.375 e. The number of rotatable bonds is 3. The average Bonchev–Trinajstić information content (AvgIpc) is 2.97. The highest BCUT2D eigenvalue weighted by molar-refractivity contribution is 7.18. The van der Waals surface area contributed by atoms with E-state index in [1.165, 1.54) is 11.3 Å². The molecule has 0 radical (unpaired) electrons. The Labute approximate surface area is 113 Å². The molecule has 3 rings (SSSR count). The molecule has 0 aliphatic heterocycles. The molecule has 0 bridgehead atoms. The van der Waals surface area contributed by atoms with E-state index in [0.29, 0.717) is 23.3 Å². The fourth-order valence-corrected chi connectivity index (χ4v) is 2.47. The Bertz CT molecular complexity index is 691. The number of hydrogen-bond donors (Lipinski definition) is 1. The van der Waals surface area contributed by atoms with Gasteiger partial charge in [-0.25, -0.2) is 4.98 Å². The molecule has 0 fully saturated rings. The number of aromatic nitrogens is 4. The van der Waals surface area contributed by atoms with Crippen molar-refractivity contribution in [3.63, 3.8) is 0 Å². The molecule has 0 aliphatic carbocycles. The zero-order chi connectivity index (χ0) is 13.2. The van der Waals surface area contributed by atoms with Gasteiger partial charge in [0.1, 0.15) is 4.88 Å². The van der Waals surface area contributed by atoms with E-state index in [-0.39, 0.29) is 0 Å². The van der Waals surface area contributed by atoms with Gasteiger partial charge in [0, 0.05) is 18.8 Å². The first-order chi connectivity index (χ1) is 9.22. The average molecular weight is 273 g/mol. The van der Waals surface area contributed by atoms with Crippen molar-refractivity contribution in [3.05, 3.63) is 41.6 Å². The second kappa shape index (κ2) is 4.77. The van der Waals surface area contributed by atoms with Crippen molar-refractivity contribution in [1.82, 2.24) is 20.1 Å². The SMILES string of the molecule is Cc1nc(N)sc1-c1nc(Cc2ccncc2)no1. The lowest BCUT2D eigenvalue weighted by Crippen LogP contribution is -1.90. The van der Waals surface area contributed by atoms with Crippen LogP contribution in [0.15, 0.2) is 29.0 Å². The third-order valence-corrected chi connectivity index (χ3v) is 3.56. The summed E-state index contributed by atoms with van der Waals surface area (Å²) in [5.74, 6) is 1.10. The number of hydrogen-bond acceptors (Lipinski definition) is 7. The van der Waals surface area contributed by atoms with Crippen LogP contribution in [0.2, 0.25) is 0 Å². The number of pyridine rings is 1. The maximum atomic E-state index is 5.66. The van der Waals surface area contributed by atoms with E-state index in [1.807, 2.05) is 19.1 Å². The van der Waals surface area contributed by atoms with Gasteiger partial charge in [-0.3, -0.25) is 4.98 Å². The summed E-state index contributed by atoms with van der Waals surface area (Å²) in [5.41, 5.74) is 7.55. The van der Waals surface area contributed by atoms with Crippen LogP contribution in [0.25, 0.3) is 10.8 Å². The summed E-state index contributed by atoms with van der Waals surface area (Å²) in [6.45, 7) is 1.87. The van der Waals surface area contributed by atoms with Crippen molar-refractivity contribution in [2.45, 2.75) is 13.3 Å². The lowest BCUT2D eigenvalue weighted by Gasteiger charge is -1.93. The predicted molar refractivity (Wildman–Crippen MR) is 71.6 cm³/mol. The molecule has 3 aromatic rings.